The predicted molar refractivity (Wildman–Crippen MR) is 95.8 cm³/mol. The van der Waals surface area contributed by atoms with Gasteiger partial charge in [0.25, 0.3) is 11.5 Å². The minimum atomic E-state index is -0.814. The van der Waals surface area contributed by atoms with E-state index in [4.69, 9.17) is 5.73 Å². The van der Waals surface area contributed by atoms with Crippen LogP contribution in [0.4, 0.5) is 11.4 Å². The van der Waals surface area contributed by atoms with Crippen molar-refractivity contribution in [3.05, 3.63) is 56.9 Å². The average Bonchev–Trinajstić information content (AvgIpc) is 3.07. The van der Waals surface area contributed by atoms with E-state index >= 15 is 0 Å². The topological polar surface area (TPSA) is 150 Å². The van der Waals surface area contributed by atoms with Gasteiger partial charge in [-0.1, -0.05) is 18.2 Å². The number of nitrogens with one attached hydrogen (secondary N) is 4. The molecule has 1 aliphatic carbocycles. The number of carbonyl (C=O) groups excluding carboxylic acids is 2. The molecule has 2 atom stereocenters. The van der Waals surface area contributed by atoms with Crippen molar-refractivity contribution in [3.8, 4) is 0 Å². The van der Waals surface area contributed by atoms with Crippen molar-refractivity contribution in [3.63, 3.8) is 0 Å². The third-order valence-electron chi connectivity index (χ3n) is 4.39. The van der Waals surface area contributed by atoms with Crippen LogP contribution in [0, 0.1) is 5.92 Å². The lowest BCUT2D eigenvalue weighted by Gasteiger charge is -2.14. The van der Waals surface area contributed by atoms with Gasteiger partial charge in [0.15, 0.2) is 0 Å². The van der Waals surface area contributed by atoms with Gasteiger partial charge in [0.2, 0.25) is 5.91 Å². The summed E-state index contributed by atoms with van der Waals surface area (Å²) < 4.78 is 0. The molecular weight excluding hydrogens is 338 g/mol. The Labute approximate surface area is 148 Å². The fraction of sp³-hybridized carbons (Fsp3) is 0.294. The fourth-order valence-corrected chi connectivity index (χ4v) is 3.05. The zero-order chi connectivity index (χ0) is 18.7. The van der Waals surface area contributed by atoms with Crippen LogP contribution in [-0.2, 0) is 4.79 Å². The Bertz CT molecular complexity index is 934. The van der Waals surface area contributed by atoms with Crippen molar-refractivity contribution >= 4 is 23.2 Å². The molecule has 6 N–H and O–H groups in total. The van der Waals surface area contributed by atoms with Gasteiger partial charge >= 0.3 is 5.69 Å². The summed E-state index contributed by atoms with van der Waals surface area (Å²) in [4.78, 5) is 51.6. The predicted octanol–water partition coefficient (Wildman–Crippen LogP) is 0.183. The molecule has 0 unspecified atom stereocenters. The first-order chi connectivity index (χ1) is 12.4. The number of anilines is 2. The largest absolute Gasteiger partial charge is 0.392 e. The van der Waals surface area contributed by atoms with Crippen LogP contribution in [0.5, 0.6) is 0 Å². The third kappa shape index (κ3) is 3.82. The van der Waals surface area contributed by atoms with Gasteiger partial charge in [-0.3, -0.25) is 19.4 Å². The fourth-order valence-electron chi connectivity index (χ4n) is 3.05. The number of hydrogen-bond donors (Lipinski definition) is 5. The molecule has 3 rings (SSSR count). The van der Waals surface area contributed by atoms with Crippen molar-refractivity contribution in [2.75, 3.05) is 11.1 Å². The number of rotatable bonds is 4. The van der Waals surface area contributed by atoms with E-state index in [1.807, 2.05) is 23.2 Å². The summed E-state index contributed by atoms with van der Waals surface area (Å²) in [5.74, 6) is -0.965. The summed E-state index contributed by atoms with van der Waals surface area (Å²) in [7, 11) is 0. The second-order valence-electron chi connectivity index (χ2n) is 6.23. The van der Waals surface area contributed by atoms with E-state index in [0.29, 0.717) is 19.3 Å². The van der Waals surface area contributed by atoms with Crippen LogP contribution in [0.3, 0.4) is 0 Å². The summed E-state index contributed by atoms with van der Waals surface area (Å²) in [6, 6.07) is 8.90. The maximum Gasteiger partial charge on any atom is 0.326 e. The molecule has 0 spiro atoms. The molecule has 0 aliphatic heterocycles. The second-order valence-corrected chi connectivity index (χ2v) is 6.23. The molecular formula is C17H19N5O4. The molecule has 136 valence electrons. The average molecular weight is 357 g/mol. The Morgan fingerprint density at radius 2 is 1.81 bits per heavy atom. The van der Waals surface area contributed by atoms with Crippen LogP contribution in [0.25, 0.3) is 0 Å². The Kier molecular flexibility index (Phi) is 4.87. The molecule has 9 nitrogen and oxygen atoms in total. The lowest BCUT2D eigenvalue weighted by molar-refractivity contribution is -0.119. The minimum Gasteiger partial charge on any atom is -0.392 e. The summed E-state index contributed by atoms with van der Waals surface area (Å²) in [5.41, 5.74) is 4.03. The molecule has 1 aromatic carbocycles. The summed E-state index contributed by atoms with van der Waals surface area (Å²) in [6.45, 7) is 0. The third-order valence-corrected chi connectivity index (χ3v) is 4.39. The highest BCUT2D eigenvalue weighted by Crippen LogP contribution is 2.27. The lowest BCUT2D eigenvalue weighted by atomic mass is 10.1. The maximum atomic E-state index is 12.3. The van der Waals surface area contributed by atoms with E-state index < -0.39 is 17.2 Å². The summed E-state index contributed by atoms with van der Waals surface area (Å²) in [6.07, 6.45) is 1.72. The van der Waals surface area contributed by atoms with Gasteiger partial charge in [-0.2, -0.15) is 0 Å². The van der Waals surface area contributed by atoms with Gasteiger partial charge in [-0.05, 0) is 31.4 Å². The van der Waals surface area contributed by atoms with Crippen molar-refractivity contribution in [1.82, 2.24) is 15.3 Å². The maximum absolute atomic E-state index is 12.3. The first-order valence-electron chi connectivity index (χ1n) is 8.23. The number of nitrogen functional groups attached to an aromatic ring is 1. The highest BCUT2D eigenvalue weighted by Gasteiger charge is 2.31. The van der Waals surface area contributed by atoms with E-state index in [1.165, 1.54) is 0 Å². The van der Waals surface area contributed by atoms with Gasteiger partial charge in [0.1, 0.15) is 11.4 Å². The molecule has 1 aromatic heterocycles. The molecule has 0 radical (unpaired) electrons. The number of benzene rings is 1. The van der Waals surface area contributed by atoms with Gasteiger partial charge in [-0.15, -0.1) is 0 Å². The summed E-state index contributed by atoms with van der Waals surface area (Å²) in [5, 5.41) is 5.57. The molecule has 26 heavy (non-hydrogen) atoms. The molecule has 1 aliphatic rings. The molecule has 2 amide bonds. The molecule has 2 aromatic rings. The SMILES string of the molecule is Nc1c(C(=O)N[C@H]2CC[C@H](C(=O)Nc3ccccc3)C2)[nH]c(=O)[nH]c1=O. The number of aromatic nitrogens is 2. The van der Waals surface area contributed by atoms with Crippen LogP contribution >= 0.6 is 0 Å². The molecule has 1 fully saturated rings. The minimum absolute atomic E-state index is 0.1000. The van der Waals surface area contributed by atoms with E-state index in [-0.39, 0.29) is 29.2 Å². The van der Waals surface area contributed by atoms with Gasteiger partial charge < -0.3 is 21.4 Å². The Morgan fingerprint density at radius 1 is 1.08 bits per heavy atom. The zero-order valence-corrected chi connectivity index (χ0v) is 13.9. The van der Waals surface area contributed by atoms with Crippen molar-refractivity contribution < 1.29 is 9.59 Å². The van der Waals surface area contributed by atoms with Gasteiger partial charge in [0, 0.05) is 17.6 Å². The smallest absolute Gasteiger partial charge is 0.326 e. The van der Waals surface area contributed by atoms with Crippen molar-refractivity contribution in [1.29, 1.82) is 0 Å². The number of H-pyrrole nitrogens is 2. The van der Waals surface area contributed by atoms with Crippen molar-refractivity contribution in [2.45, 2.75) is 25.3 Å². The number of carbonyl (C=O) groups is 2. The lowest BCUT2D eigenvalue weighted by Crippen LogP contribution is -2.38. The van der Waals surface area contributed by atoms with E-state index in [0.717, 1.165) is 5.69 Å². The number of hydrogen-bond acceptors (Lipinski definition) is 5. The number of aromatic amines is 2. The van der Waals surface area contributed by atoms with E-state index in [9.17, 15) is 19.2 Å². The molecule has 0 bridgehead atoms. The Morgan fingerprint density at radius 3 is 2.54 bits per heavy atom. The monoisotopic (exact) mass is 357 g/mol. The van der Waals surface area contributed by atoms with Crippen LogP contribution in [-0.4, -0.2) is 27.8 Å². The number of nitrogens with two attached hydrogens (primary N) is 1. The number of para-hydroxylation sites is 1. The highest BCUT2D eigenvalue weighted by molar-refractivity contribution is 5.97. The van der Waals surface area contributed by atoms with E-state index in [2.05, 4.69) is 15.6 Å². The summed E-state index contributed by atoms with van der Waals surface area (Å²) >= 11 is 0. The van der Waals surface area contributed by atoms with Crippen LogP contribution in [0.2, 0.25) is 0 Å². The van der Waals surface area contributed by atoms with E-state index in [1.54, 1.807) is 12.1 Å². The molecule has 0 saturated heterocycles. The molecule has 1 heterocycles. The first kappa shape index (κ1) is 17.5. The van der Waals surface area contributed by atoms with Gasteiger partial charge in [0.05, 0.1) is 0 Å². The van der Waals surface area contributed by atoms with Crippen LogP contribution < -0.4 is 27.6 Å². The first-order valence-corrected chi connectivity index (χ1v) is 8.23. The Hall–Kier alpha value is -3.36. The van der Waals surface area contributed by atoms with Crippen LogP contribution in [0.1, 0.15) is 29.8 Å². The molecule has 9 heteroatoms. The standard InChI is InChI=1S/C17H19N5O4/c18-12-13(21-17(26)22-15(12)24)16(25)20-11-7-6-9(8-11)14(23)19-10-4-2-1-3-5-10/h1-5,9,11H,6-8,18H2,(H,19,23)(H,20,25)(H2,21,22,24,26)/t9-,11-/m0/s1. The Balaban J connectivity index is 1.61. The normalized spacial score (nSPS) is 19.1. The number of amides is 2. The van der Waals surface area contributed by atoms with Crippen molar-refractivity contribution in [2.24, 2.45) is 5.92 Å². The van der Waals surface area contributed by atoms with Gasteiger partial charge in [-0.25, -0.2) is 4.79 Å². The molecule has 1 saturated carbocycles. The van der Waals surface area contributed by atoms with Crippen LogP contribution in [0.15, 0.2) is 39.9 Å². The quantitative estimate of drug-likeness (QED) is 0.529. The zero-order valence-electron chi connectivity index (χ0n) is 13.9. The second kappa shape index (κ2) is 7.26. The highest BCUT2D eigenvalue weighted by atomic mass is 16.2.